The van der Waals surface area contributed by atoms with Crippen molar-refractivity contribution in [1.82, 2.24) is 0 Å². The topological polar surface area (TPSA) is 72.3 Å². The Kier molecular flexibility index (Phi) is 1.86. The van der Waals surface area contributed by atoms with Crippen LogP contribution in [0.25, 0.3) is 5.70 Å². The molecule has 13 heavy (non-hydrogen) atoms. The highest BCUT2D eigenvalue weighted by Gasteiger charge is 2.13. The van der Waals surface area contributed by atoms with E-state index in [-0.39, 0.29) is 0 Å². The molecule has 1 atom stereocenters. The number of rotatable bonds is 0. The number of nitrogens with two attached hydrogens (primary N) is 2. The lowest BCUT2D eigenvalue weighted by Crippen LogP contribution is -2.13. The molecule has 0 aliphatic carbocycles. The lowest BCUT2D eigenvalue weighted by molar-refractivity contribution is 0.660. The Morgan fingerprint density at radius 2 is 1.85 bits per heavy atom. The Morgan fingerprint density at radius 3 is 2.62 bits per heavy atom. The van der Waals surface area contributed by atoms with Gasteiger partial charge in [-0.05, 0) is 16.8 Å². The van der Waals surface area contributed by atoms with Gasteiger partial charge in [0.05, 0.1) is 11.4 Å². The highest BCUT2D eigenvalue weighted by molar-refractivity contribution is 8.10. The number of fused-ring (bicyclic) bond motifs is 1. The lowest BCUT2D eigenvalue weighted by Gasteiger charge is -2.16. The highest BCUT2D eigenvalue weighted by atomic mass is 32.2. The average Bonchev–Trinajstić information content (AvgIpc) is 2.15. The third-order valence-corrected chi connectivity index (χ3v) is 3.24. The lowest BCUT2D eigenvalue weighted by atomic mass is 10.1. The molecule has 4 heteroatoms. The summed E-state index contributed by atoms with van der Waals surface area (Å²) >= 11 is 0. The maximum absolute atomic E-state index is 9.65. The molecule has 1 aliphatic rings. The molecule has 0 saturated heterocycles. The quantitative estimate of drug-likeness (QED) is 0.543. The highest BCUT2D eigenvalue weighted by Crippen LogP contribution is 2.33. The summed E-state index contributed by atoms with van der Waals surface area (Å²) in [5, 5.41) is 1.58. The van der Waals surface area contributed by atoms with Gasteiger partial charge < -0.3 is 16.0 Å². The Hall–Kier alpha value is -1.26. The Labute approximate surface area is 78.8 Å². The molecule has 3 nitrogen and oxygen atoms in total. The van der Waals surface area contributed by atoms with Crippen molar-refractivity contribution in [2.75, 3.05) is 0 Å². The van der Waals surface area contributed by atoms with Gasteiger partial charge in [0.2, 0.25) is 0 Å². The summed E-state index contributed by atoms with van der Waals surface area (Å²) in [6.07, 6.45) is 0. The number of hydrogen-bond acceptors (Lipinski definition) is 3. The summed E-state index contributed by atoms with van der Waals surface area (Å²) in [6, 6.07) is 7.47. The van der Waals surface area contributed by atoms with Gasteiger partial charge in [0, 0.05) is 15.8 Å². The van der Waals surface area contributed by atoms with E-state index in [1.165, 1.54) is 0 Å². The van der Waals surface area contributed by atoms with Crippen molar-refractivity contribution >= 4 is 21.8 Å². The summed E-state index contributed by atoms with van der Waals surface area (Å²) in [4.78, 5) is 0.842. The van der Waals surface area contributed by atoms with Crippen LogP contribution in [-0.2, 0) is 0 Å². The zero-order valence-electron chi connectivity index (χ0n) is 6.90. The van der Waals surface area contributed by atoms with Gasteiger partial charge in [-0.1, -0.05) is 18.2 Å². The minimum Gasteiger partial charge on any atom is -0.397 e. The molecule has 5 N–H and O–H groups in total. The predicted molar refractivity (Wildman–Crippen MR) is 56.3 cm³/mol. The molecule has 0 radical (unpaired) electrons. The second-order valence-corrected chi connectivity index (χ2v) is 4.10. The average molecular weight is 194 g/mol. The molecule has 0 amide bonds. The first-order valence-electron chi connectivity index (χ1n) is 3.82. The summed E-state index contributed by atoms with van der Waals surface area (Å²) in [5.41, 5.74) is 13.3. The maximum atomic E-state index is 9.65. The van der Waals surface area contributed by atoms with Crippen molar-refractivity contribution in [2.45, 2.75) is 4.90 Å². The molecule has 1 aromatic carbocycles. The third kappa shape index (κ3) is 1.24. The second-order valence-electron chi connectivity index (χ2n) is 2.80. The fourth-order valence-electron chi connectivity index (χ4n) is 1.27. The summed E-state index contributed by atoms with van der Waals surface area (Å²) < 4.78 is 9.65. The Balaban J connectivity index is 2.74. The van der Waals surface area contributed by atoms with Crippen molar-refractivity contribution in [1.29, 1.82) is 0 Å². The van der Waals surface area contributed by atoms with Crippen molar-refractivity contribution in [3.8, 4) is 0 Å². The smallest absolute Gasteiger partial charge is 0.0639 e. The Morgan fingerprint density at radius 1 is 1.15 bits per heavy atom. The van der Waals surface area contributed by atoms with Crippen LogP contribution in [0.15, 0.2) is 34.9 Å². The van der Waals surface area contributed by atoms with Crippen LogP contribution < -0.4 is 11.5 Å². The van der Waals surface area contributed by atoms with Crippen molar-refractivity contribution in [2.24, 2.45) is 11.5 Å². The second kappa shape index (κ2) is 2.90. The number of allylic oxidation sites excluding steroid dienone is 1. The first-order valence-corrected chi connectivity index (χ1v) is 5.06. The molecule has 2 rings (SSSR count). The molecule has 0 bridgehead atoms. The van der Waals surface area contributed by atoms with Gasteiger partial charge in [-0.3, -0.25) is 0 Å². The predicted octanol–water partition coefficient (Wildman–Crippen LogP) is 1.19. The van der Waals surface area contributed by atoms with E-state index in [0.717, 1.165) is 10.5 Å². The monoisotopic (exact) mass is 194 g/mol. The van der Waals surface area contributed by atoms with E-state index in [0.29, 0.717) is 11.4 Å². The molecule has 0 saturated carbocycles. The fraction of sp³-hybridized carbons (Fsp3) is 0. The van der Waals surface area contributed by atoms with Crippen LogP contribution in [0, 0.1) is 0 Å². The molecule has 68 valence electrons. The van der Waals surface area contributed by atoms with E-state index in [1.807, 2.05) is 24.3 Å². The summed E-state index contributed by atoms with van der Waals surface area (Å²) in [7, 11) is -0.904. The molecule has 0 spiro atoms. The minimum absolute atomic E-state index is 0.463. The molecule has 0 fully saturated rings. The van der Waals surface area contributed by atoms with Crippen molar-refractivity contribution in [3.05, 3.63) is 35.5 Å². The van der Waals surface area contributed by atoms with Crippen molar-refractivity contribution in [3.63, 3.8) is 0 Å². The molecule has 1 heterocycles. The molecular formula is C9H10N2OS. The standard InChI is InChI=1S/C9H10N2OS/c10-7-5-13(12)8-4-2-1-3-6(8)9(7)11/h1-5,12H,10-11H2/t13-/m0/s1. The summed E-state index contributed by atoms with van der Waals surface area (Å²) in [6.45, 7) is 0. The van der Waals surface area contributed by atoms with Gasteiger partial charge in [-0.25, -0.2) is 0 Å². The van der Waals surface area contributed by atoms with Crippen LogP contribution in [0.4, 0.5) is 0 Å². The van der Waals surface area contributed by atoms with E-state index in [2.05, 4.69) is 0 Å². The van der Waals surface area contributed by atoms with Crippen molar-refractivity contribution < 1.29 is 4.55 Å². The number of hydrogen-bond donors (Lipinski definition) is 3. The molecule has 1 aliphatic heterocycles. The fourth-order valence-corrected chi connectivity index (χ4v) is 2.39. The van der Waals surface area contributed by atoms with Crippen LogP contribution in [0.2, 0.25) is 0 Å². The molecule has 1 aromatic rings. The van der Waals surface area contributed by atoms with Gasteiger partial charge in [0.1, 0.15) is 0 Å². The normalized spacial score (nSPS) is 20.8. The first kappa shape index (κ1) is 8.34. The van der Waals surface area contributed by atoms with Crippen LogP contribution in [0.1, 0.15) is 5.56 Å². The zero-order valence-corrected chi connectivity index (χ0v) is 7.71. The van der Waals surface area contributed by atoms with Crippen LogP contribution in [0.3, 0.4) is 0 Å². The largest absolute Gasteiger partial charge is 0.397 e. The maximum Gasteiger partial charge on any atom is 0.0639 e. The zero-order chi connectivity index (χ0) is 9.42. The molecule has 0 aromatic heterocycles. The first-order chi connectivity index (χ1) is 6.20. The van der Waals surface area contributed by atoms with Gasteiger partial charge >= 0.3 is 0 Å². The van der Waals surface area contributed by atoms with Crippen LogP contribution >= 0.6 is 10.8 Å². The SMILES string of the molecule is NC1=C(N)c2ccccc2[S@@](O)=C1. The van der Waals surface area contributed by atoms with Crippen LogP contribution in [0.5, 0.6) is 0 Å². The van der Waals surface area contributed by atoms with Crippen LogP contribution in [-0.4, -0.2) is 9.92 Å². The van der Waals surface area contributed by atoms with Gasteiger partial charge in [-0.2, -0.15) is 0 Å². The molecule has 0 unspecified atom stereocenters. The van der Waals surface area contributed by atoms with E-state index < -0.39 is 10.8 Å². The number of benzene rings is 1. The van der Waals surface area contributed by atoms with Gasteiger partial charge in [-0.15, -0.1) is 0 Å². The summed E-state index contributed by atoms with van der Waals surface area (Å²) in [5.74, 6) is 0. The van der Waals surface area contributed by atoms with Gasteiger partial charge in [0.15, 0.2) is 0 Å². The van der Waals surface area contributed by atoms with E-state index in [9.17, 15) is 4.55 Å². The van der Waals surface area contributed by atoms with E-state index >= 15 is 0 Å². The Bertz CT molecular complexity index is 423. The minimum atomic E-state index is -0.904. The van der Waals surface area contributed by atoms with Gasteiger partial charge in [0.25, 0.3) is 0 Å². The van der Waals surface area contributed by atoms with E-state index in [4.69, 9.17) is 11.5 Å². The molecular weight excluding hydrogens is 184 g/mol. The van der Waals surface area contributed by atoms with E-state index in [1.54, 1.807) is 5.37 Å². The third-order valence-electron chi connectivity index (χ3n) is 1.95.